The third kappa shape index (κ3) is 5.98. The van der Waals surface area contributed by atoms with Crippen molar-refractivity contribution in [3.8, 4) is 0 Å². The topological polar surface area (TPSA) is 3.24 Å². The summed E-state index contributed by atoms with van der Waals surface area (Å²) < 4.78 is 39.6. The molecule has 2 rings (SSSR count). The summed E-state index contributed by atoms with van der Waals surface area (Å²) in [4.78, 5) is 2.28. The Hall–Kier alpha value is -1.07. The van der Waals surface area contributed by atoms with Crippen LogP contribution in [0.3, 0.4) is 0 Å². The predicted octanol–water partition coefficient (Wildman–Crippen LogP) is 6.51. The van der Waals surface area contributed by atoms with Crippen molar-refractivity contribution in [2.75, 3.05) is 18.4 Å². The average Bonchev–Trinajstić information content (AvgIpc) is 2.61. The lowest BCUT2D eigenvalue weighted by atomic mass is 9.94. The van der Waals surface area contributed by atoms with Gasteiger partial charge in [-0.3, -0.25) is 4.90 Å². The van der Waals surface area contributed by atoms with Crippen LogP contribution in [0.15, 0.2) is 42.0 Å². The molecule has 0 saturated carbocycles. The van der Waals surface area contributed by atoms with Crippen molar-refractivity contribution in [1.29, 1.82) is 0 Å². The highest BCUT2D eigenvalue weighted by Gasteiger charge is 2.33. The van der Waals surface area contributed by atoms with E-state index in [1.54, 1.807) is 6.92 Å². The quantitative estimate of drug-likeness (QED) is 0.425. The molecule has 1 unspecified atom stereocenters. The lowest BCUT2D eigenvalue weighted by molar-refractivity contribution is -0.138. The van der Waals surface area contributed by atoms with E-state index in [-0.39, 0.29) is 0 Å². The maximum atomic E-state index is 13.2. The molecule has 26 heavy (non-hydrogen) atoms. The number of nitrogens with zero attached hydrogens (tertiary/aromatic N) is 1. The highest BCUT2D eigenvalue weighted by molar-refractivity contribution is 9.09. The maximum Gasteiger partial charge on any atom is 0.416 e. The fourth-order valence-electron chi connectivity index (χ4n) is 3.41. The van der Waals surface area contributed by atoms with Crippen LogP contribution in [0.25, 0.3) is 0 Å². The van der Waals surface area contributed by atoms with Crippen LogP contribution in [0.2, 0.25) is 0 Å². The average molecular weight is 430 g/mol. The first kappa shape index (κ1) is 21.2. The van der Waals surface area contributed by atoms with Gasteiger partial charge in [0.2, 0.25) is 0 Å². The number of hydrogen-bond acceptors (Lipinski definition) is 1. The molecule has 0 amide bonds. The monoisotopic (exact) mass is 429 g/mol. The summed E-state index contributed by atoms with van der Waals surface area (Å²) in [6, 6.07) is 4.50. The van der Waals surface area contributed by atoms with Gasteiger partial charge in [-0.25, -0.2) is 0 Å². The van der Waals surface area contributed by atoms with Crippen LogP contribution in [0.1, 0.15) is 42.9 Å². The zero-order valence-electron chi connectivity index (χ0n) is 15.5. The van der Waals surface area contributed by atoms with Crippen molar-refractivity contribution in [1.82, 2.24) is 4.90 Å². The van der Waals surface area contributed by atoms with Crippen molar-refractivity contribution in [3.05, 3.63) is 58.7 Å². The van der Waals surface area contributed by atoms with Crippen LogP contribution < -0.4 is 0 Å². The second-order valence-electron chi connectivity index (χ2n) is 6.95. The van der Waals surface area contributed by atoms with Crippen molar-refractivity contribution >= 4 is 15.9 Å². The van der Waals surface area contributed by atoms with Gasteiger partial charge in [0.15, 0.2) is 0 Å². The van der Waals surface area contributed by atoms with E-state index in [2.05, 4.69) is 46.0 Å². The molecule has 0 aromatic heterocycles. The van der Waals surface area contributed by atoms with Crippen LogP contribution in [0.4, 0.5) is 13.2 Å². The highest BCUT2D eigenvalue weighted by Crippen LogP contribution is 2.33. The molecule has 0 heterocycles. The molecule has 0 aliphatic heterocycles. The van der Waals surface area contributed by atoms with Crippen LogP contribution in [0, 0.1) is 12.8 Å². The fourth-order valence-corrected chi connectivity index (χ4v) is 3.66. The van der Waals surface area contributed by atoms with E-state index in [1.807, 2.05) is 6.07 Å². The van der Waals surface area contributed by atoms with Crippen molar-refractivity contribution in [2.24, 2.45) is 5.92 Å². The van der Waals surface area contributed by atoms with Gasteiger partial charge >= 0.3 is 6.18 Å². The van der Waals surface area contributed by atoms with E-state index < -0.39 is 11.7 Å². The Morgan fingerprint density at radius 1 is 1.23 bits per heavy atom. The van der Waals surface area contributed by atoms with Gasteiger partial charge in [0, 0.05) is 18.4 Å². The Bertz CT molecular complexity index is 649. The van der Waals surface area contributed by atoms with Gasteiger partial charge in [0.1, 0.15) is 0 Å². The molecule has 0 fully saturated rings. The Morgan fingerprint density at radius 2 is 2.00 bits per heavy atom. The van der Waals surface area contributed by atoms with Crippen LogP contribution in [-0.4, -0.2) is 23.3 Å². The molecule has 1 aromatic carbocycles. The molecule has 1 nitrogen and oxygen atoms in total. The first-order valence-electron chi connectivity index (χ1n) is 9.13. The molecule has 0 radical (unpaired) electrons. The SMILES string of the molecule is Cc1c(CN(CCCBr)CC(C)C2=CCCC=C2)cccc1C(F)(F)F. The van der Waals surface area contributed by atoms with Gasteiger partial charge in [-0.2, -0.15) is 13.2 Å². The van der Waals surface area contributed by atoms with Crippen LogP contribution in [0.5, 0.6) is 0 Å². The molecule has 1 aromatic rings. The van der Waals surface area contributed by atoms with Crippen molar-refractivity contribution in [3.63, 3.8) is 0 Å². The number of allylic oxidation sites excluding steroid dienone is 3. The molecule has 0 bridgehead atoms. The highest BCUT2D eigenvalue weighted by atomic mass is 79.9. The summed E-state index contributed by atoms with van der Waals surface area (Å²) in [6.07, 6.45) is 5.50. The minimum absolute atomic E-state index is 0.341. The van der Waals surface area contributed by atoms with Crippen LogP contribution >= 0.6 is 15.9 Å². The van der Waals surface area contributed by atoms with Gasteiger partial charge in [0.25, 0.3) is 0 Å². The minimum atomic E-state index is -4.30. The molecule has 0 N–H and O–H groups in total. The molecule has 5 heteroatoms. The Kier molecular flexibility index (Phi) is 7.96. The fraction of sp³-hybridized carbons (Fsp3) is 0.524. The molecule has 1 atom stereocenters. The second-order valence-corrected chi connectivity index (χ2v) is 7.74. The number of hydrogen-bond donors (Lipinski definition) is 0. The lowest BCUT2D eigenvalue weighted by Crippen LogP contribution is -2.30. The Balaban J connectivity index is 2.15. The van der Waals surface area contributed by atoms with E-state index in [9.17, 15) is 13.2 Å². The third-order valence-corrected chi connectivity index (χ3v) is 5.44. The summed E-state index contributed by atoms with van der Waals surface area (Å²) in [5.41, 5.74) is 1.91. The van der Waals surface area contributed by atoms with E-state index in [4.69, 9.17) is 0 Å². The number of halogens is 4. The number of benzene rings is 1. The van der Waals surface area contributed by atoms with Gasteiger partial charge in [-0.05, 0) is 61.4 Å². The van der Waals surface area contributed by atoms with Crippen molar-refractivity contribution < 1.29 is 13.2 Å². The summed E-state index contributed by atoms with van der Waals surface area (Å²) in [6.45, 7) is 6.03. The Morgan fingerprint density at radius 3 is 2.62 bits per heavy atom. The molecule has 144 valence electrons. The van der Waals surface area contributed by atoms with Gasteiger partial charge in [-0.1, -0.05) is 53.2 Å². The lowest BCUT2D eigenvalue weighted by Gasteiger charge is -2.28. The number of rotatable bonds is 8. The summed E-state index contributed by atoms with van der Waals surface area (Å²) >= 11 is 3.46. The third-order valence-electron chi connectivity index (χ3n) is 4.88. The first-order chi connectivity index (χ1) is 12.3. The zero-order valence-corrected chi connectivity index (χ0v) is 17.0. The van der Waals surface area contributed by atoms with E-state index >= 15 is 0 Å². The van der Waals surface area contributed by atoms with Crippen LogP contribution in [-0.2, 0) is 12.7 Å². The van der Waals surface area contributed by atoms with E-state index in [1.165, 1.54) is 17.7 Å². The molecule has 0 saturated heterocycles. The van der Waals surface area contributed by atoms with Gasteiger partial charge in [-0.15, -0.1) is 0 Å². The molecular formula is C21H27BrF3N. The smallest absolute Gasteiger partial charge is 0.298 e. The normalized spacial score (nSPS) is 16.0. The maximum absolute atomic E-state index is 13.2. The minimum Gasteiger partial charge on any atom is -0.298 e. The standard InChI is InChI=1S/C21H27BrF3N/c1-16(18-8-4-3-5-9-18)14-26(13-7-12-22)15-19-10-6-11-20(17(19)2)21(23,24)25/h4,6,8-11,16H,3,5,7,12-15H2,1-2H3. The van der Waals surface area contributed by atoms with Crippen molar-refractivity contribution in [2.45, 2.75) is 45.8 Å². The van der Waals surface area contributed by atoms with E-state index in [0.29, 0.717) is 18.0 Å². The zero-order chi connectivity index (χ0) is 19.2. The summed E-state index contributed by atoms with van der Waals surface area (Å²) in [5.74, 6) is 0.369. The van der Waals surface area contributed by atoms with Gasteiger partial charge < -0.3 is 0 Å². The largest absolute Gasteiger partial charge is 0.416 e. The molecular weight excluding hydrogens is 403 g/mol. The first-order valence-corrected chi connectivity index (χ1v) is 10.3. The summed E-state index contributed by atoms with van der Waals surface area (Å²) in [7, 11) is 0. The molecule has 0 spiro atoms. The van der Waals surface area contributed by atoms with E-state index in [0.717, 1.165) is 43.2 Å². The molecule has 1 aliphatic carbocycles. The summed E-state index contributed by atoms with van der Waals surface area (Å²) in [5, 5.41) is 0.891. The number of alkyl halides is 4. The predicted molar refractivity (Wildman–Crippen MR) is 105 cm³/mol. The van der Waals surface area contributed by atoms with Gasteiger partial charge in [0.05, 0.1) is 5.56 Å². The second kappa shape index (κ2) is 9.75. The molecule has 1 aliphatic rings. The Labute approximate surface area is 163 Å².